The van der Waals surface area contributed by atoms with Crippen LogP contribution in [0.2, 0.25) is 0 Å². The third-order valence-corrected chi connectivity index (χ3v) is 3.61. The van der Waals surface area contributed by atoms with Crippen LogP contribution >= 0.6 is 11.8 Å². The van der Waals surface area contributed by atoms with Crippen LogP contribution in [0.15, 0.2) is 33.7 Å². The summed E-state index contributed by atoms with van der Waals surface area (Å²) in [4.78, 5) is 4.80. The van der Waals surface area contributed by atoms with Crippen LogP contribution in [0.25, 0.3) is 0 Å². The molecule has 18 heavy (non-hydrogen) atoms. The Kier molecular flexibility index (Phi) is 3.19. The minimum atomic E-state index is -0.220. The number of nitrogens with one attached hydrogen (secondary N) is 1. The van der Waals surface area contributed by atoms with Gasteiger partial charge in [-0.3, -0.25) is 0 Å². The first kappa shape index (κ1) is 11.5. The molecule has 1 saturated carbocycles. The second-order valence-corrected chi connectivity index (χ2v) is 5.17. The highest BCUT2D eigenvalue weighted by Gasteiger charge is 2.23. The van der Waals surface area contributed by atoms with Gasteiger partial charge in [0, 0.05) is 10.9 Å². The van der Waals surface area contributed by atoms with Gasteiger partial charge in [-0.15, -0.1) is 11.8 Å². The van der Waals surface area contributed by atoms with Gasteiger partial charge in [0.15, 0.2) is 5.82 Å². The Morgan fingerprint density at radius 1 is 1.39 bits per heavy atom. The quantitative estimate of drug-likeness (QED) is 0.842. The summed E-state index contributed by atoms with van der Waals surface area (Å²) >= 11 is 1.36. The van der Waals surface area contributed by atoms with E-state index in [0.29, 0.717) is 28.5 Å². The molecular weight excluding hydrogens is 253 g/mol. The summed E-state index contributed by atoms with van der Waals surface area (Å²) in [7, 11) is 0. The maximum Gasteiger partial charge on any atom is 0.321 e. The Morgan fingerprint density at radius 3 is 3.00 bits per heavy atom. The number of halogens is 1. The Labute approximate surface area is 108 Å². The molecule has 1 aromatic carbocycles. The zero-order valence-electron chi connectivity index (χ0n) is 9.60. The molecule has 1 aromatic heterocycles. The van der Waals surface area contributed by atoms with Gasteiger partial charge in [0.2, 0.25) is 0 Å². The van der Waals surface area contributed by atoms with Crippen molar-refractivity contribution in [1.29, 1.82) is 0 Å². The molecule has 4 nitrogen and oxygen atoms in total. The first-order valence-electron chi connectivity index (χ1n) is 5.78. The van der Waals surface area contributed by atoms with E-state index in [9.17, 15) is 4.39 Å². The van der Waals surface area contributed by atoms with E-state index in [1.54, 1.807) is 12.1 Å². The van der Waals surface area contributed by atoms with Crippen molar-refractivity contribution in [2.75, 3.05) is 5.32 Å². The van der Waals surface area contributed by atoms with Gasteiger partial charge in [-0.2, -0.15) is 4.98 Å². The van der Waals surface area contributed by atoms with Crippen molar-refractivity contribution in [3.8, 4) is 0 Å². The predicted octanol–water partition coefficient (Wildman–Crippen LogP) is 3.08. The van der Waals surface area contributed by atoms with Gasteiger partial charge >= 0.3 is 6.01 Å². The Hall–Kier alpha value is -1.56. The molecule has 1 N–H and O–H groups in total. The van der Waals surface area contributed by atoms with Crippen molar-refractivity contribution < 1.29 is 8.91 Å². The molecule has 0 unspecified atom stereocenters. The molecule has 2 aromatic rings. The second kappa shape index (κ2) is 4.97. The van der Waals surface area contributed by atoms with Gasteiger partial charge < -0.3 is 9.84 Å². The fourth-order valence-corrected chi connectivity index (χ4v) is 2.26. The van der Waals surface area contributed by atoms with Gasteiger partial charge in [0.25, 0.3) is 0 Å². The third-order valence-electron chi connectivity index (χ3n) is 2.57. The zero-order chi connectivity index (χ0) is 12.4. The number of nitrogens with zero attached hydrogens (tertiary/aromatic N) is 2. The number of rotatable bonds is 5. The lowest BCUT2D eigenvalue weighted by molar-refractivity contribution is 0.424. The lowest BCUT2D eigenvalue weighted by atomic mass is 10.3. The molecule has 0 aliphatic heterocycles. The summed E-state index contributed by atoms with van der Waals surface area (Å²) in [6, 6.07) is 7.61. The average molecular weight is 265 g/mol. The summed E-state index contributed by atoms with van der Waals surface area (Å²) in [6.07, 6.45) is 2.31. The molecule has 94 valence electrons. The largest absolute Gasteiger partial charge is 0.335 e. The van der Waals surface area contributed by atoms with Crippen molar-refractivity contribution in [3.63, 3.8) is 0 Å². The van der Waals surface area contributed by atoms with E-state index in [2.05, 4.69) is 15.5 Å². The van der Waals surface area contributed by atoms with E-state index < -0.39 is 0 Å². The van der Waals surface area contributed by atoms with Crippen molar-refractivity contribution in [3.05, 3.63) is 35.9 Å². The fraction of sp³-hybridized carbons (Fsp3) is 0.333. The normalized spacial score (nSPS) is 14.7. The number of benzene rings is 1. The molecule has 0 atom stereocenters. The summed E-state index contributed by atoms with van der Waals surface area (Å²) in [5.74, 6) is 0.852. The van der Waals surface area contributed by atoms with Crippen LogP contribution in [0.4, 0.5) is 10.4 Å². The zero-order valence-corrected chi connectivity index (χ0v) is 10.4. The maximum absolute atomic E-state index is 13.4. The molecule has 1 aliphatic rings. The SMILES string of the molecule is Fc1ccccc1SCc1noc(NC2CC2)n1. The average Bonchev–Trinajstić information content (AvgIpc) is 3.06. The van der Waals surface area contributed by atoms with E-state index >= 15 is 0 Å². The van der Waals surface area contributed by atoms with E-state index in [-0.39, 0.29) is 5.82 Å². The van der Waals surface area contributed by atoms with Crippen LogP contribution in [-0.4, -0.2) is 16.2 Å². The van der Waals surface area contributed by atoms with Crippen molar-refractivity contribution in [2.45, 2.75) is 29.5 Å². The number of hydrogen-bond acceptors (Lipinski definition) is 5. The van der Waals surface area contributed by atoms with Crippen LogP contribution < -0.4 is 5.32 Å². The highest BCUT2D eigenvalue weighted by atomic mass is 32.2. The van der Waals surface area contributed by atoms with Gasteiger partial charge in [-0.25, -0.2) is 4.39 Å². The van der Waals surface area contributed by atoms with E-state index in [4.69, 9.17) is 4.52 Å². The smallest absolute Gasteiger partial charge is 0.321 e. The summed E-state index contributed by atoms with van der Waals surface area (Å²) in [5, 5.41) is 6.97. The van der Waals surface area contributed by atoms with Crippen LogP contribution in [0.1, 0.15) is 18.7 Å². The highest BCUT2D eigenvalue weighted by Crippen LogP contribution is 2.26. The minimum absolute atomic E-state index is 0.220. The Morgan fingerprint density at radius 2 is 2.22 bits per heavy atom. The van der Waals surface area contributed by atoms with Crippen LogP contribution in [0.3, 0.4) is 0 Å². The van der Waals surface area contributed by atoms with Gasteiger partial charge in [-0.1, -0.05) is 17.3 Å². The maximum atomic E-state index is 13.4. The predicted molar refractivity (Wildman–Crippen MR) is 66.9 cm³/mol. The number of thioether (sulfide) groups is 1. The summed E-state index contributed by atoms with van der Waals surface area (Å²) in [6.45, 7) is 0. The molecule has 3 rings (SSSR count). The van der Waals surface area contributed by atoms with Crippen molar-refractivity contribution in [1.82, 2.24) is 10.1 Å². The van der Waals surface area contributed by atoms with E-state index in [1.807, 2.05) is 6.07 Å². The lowest BCUT2D eigenvalue weighted by Crippen LogP contribution is -2.00. The van der Waals surface area contributed by atoms with Crippen molar-refractivity contribution in [2.24, 2.45) is 0 Å². The van der Waals surface area contributed by atoms with Crippen LogP contribution in [0, 0.1) is 5.82 Å². The molecule has 6 heteroatoms. The summed E-state index contributed by atoms with van der Waals surface area (Å²) < 4.78 is 18.4. The Bertz CT molecular complexity index is 542. The second-order valence-electron chi connectivity index (χ2n) is 4.15. The first-order chi connectivity index (χ1) is 8.81. The molecule has 0 radical (unpaired) electrons. The molecule has 0 spiro atoms. The summed E-state index contributed by atoms with van der Waals surface area (Å²) in [5.41, 5.74) is 0. The van der Waals surface area contributed by atoms with Crippen molar-refractivity contribution >= 4 is 17.8 Å². The van der Waals surface area contributed by atoms with Crippen LogP contribution in [-0.2, 0) is 5.75 Å². The molecular formula is C12H12FN3OS. The standard InChI is InChI=1S/C12H12FN3OS/c13-9-3-1-2-4-10(9)18-7-11-15-12(17-16-11)14-8-5-6-8/h1-4,8H,5-7H2,(H,14,15,16). The molecule has 1 fully saturated rings. The topological polar surface area (TPSA) is 51.0 Å². The fourth-order valence-electron chi connectivity index (χ4n) is 1.48. The minimum Gasteiger partial charge on any atom is -0.335 e. The number of hydrogen-bond donors (Lipinski definition) is 1. The Balaban J connectivity index is 1.59. The lowest BCUT2D eigenvalue weighted by Gasteiger charge is -1.99. The third kappa shape index (κ3) is 2.81. The van der Waals surface area contributed by atoms with E-state index in [0.717, 1.165) is 12.8 Å². The van der Waals surface area contributed by atoms with Crippen LogP contribution in [0.5, 0.6) is 0 Å². The monoisotopic (exact) mass is 265 g/mol. The number of anilines is 1. The van der Waals surface area contributed by atoms with Gasteiger partial charge in [0.1, 0.15) is 5.82 Å². The highest BCUT2D eigenvalue weighted by molar-refractivity contribution is 7.98. The number of aromatic nitrogens is 2. The molecule has 1 aliphatic carbocycles. The van der Waals surface area contributed by atoms with Gasteiger partial charge in [-0.05, 0) is 25.0 Å². The molecule has 0 bridgehead atoms. The molecule has 1 heterocycles. The van der Waals surface area contributed by atoms with E-state index in [1.165, 1.54) is 17.8 Å². The van der Waals surface area contributed by atoms with Gasteiger partial charge in [0.05, 0.1) is 5.75 Å². The molecule has 0 amide bonds. The molecule has 0 saturated heterocycles. The first-order valence-corrected chi connectivity index (χ1v) is 6.76.